The Labute approximate surface area is 111 Å². The van der Waals surface area contributed by atoms with Crippen LogP contribution < -0.4 is 10.9 Å². The van der Waals surface area contributed by atoms with Crippen LogP contribution in [0.3, 0.4) is 0 Å². The van der Waals surface area contributed by atoms with Crippen molar-refractivity contribution in [3.05, 3.63) is 28.7 Å². The number of carbonyl (C=O) groups excluding carboxylic acids is 2. The van der Waals surface area contributed by atoms with Gasteiger partial charge in [0.05, 0.1) is 0 Å². The lowest BCUT2D eigenvalue weighted by atomic mass is 10.2. The van der Waals surface area contributed by atoms with E-state index in [-0.39, 0.29) is 18.1 Å². The van der Waals surface area contributed by atoms with Crippen molar-refractivity contribution in [2.45, 2.75) is 39.8 Å². The number of nitrogens with zero attached hydrogens (tertiary/aromatic N) is 1. The third kappa shape index (κ3) is 4.95. The molecule has 1 amide bonds. The Bertz CT molecular complexity index is 540. The largest absolute Gasteiger partial charge is 0.459 e. The number of hydrogen-bond donors (Lipinski definition) is 1. The first-order chi connectivity index (χ1) is 8.69. The molecule has 0 bridgehead atoms. The molecule has 1 aromatic heterocycles. The fourth-order valence-electron chi connectivity index (χ4n) is 1.46. The van der Waals surface area contributed by atoms with Crippen molar-refractivity contribution in [1.82, 2.24) is 4.57 Å². The van der Waals surface area contributed by atoms with E-state index in [0.29, 0.717) is 0 Å². The molecule has 0 saturated heterocycles. The van der Waals surface area contributed by atoms with Gasteiger partial charge in [-0.05, 0) is 32.9 Å². The Balaban J connectivity index is 2.88. The zero-order valence-corrected chi connectivity index (χ0v) is 11.5. The molecule has 104 valence electrons. The predicted molar refractivity (Wildman–Crippen MR) is 70.9 cm³/mol. The van der Waals surface area contributed by atoms with Crippen molar-refractivity contribution in [2.24, 2.45) is 0 Å². The molecule has 1 rings (SSSR count). The average Bonchev–Trinajstić information content (AvgIpc) is 2.20. The first kappa shape index (κ1) is 14.9. The van der Waals surface area contributed by atoms with E-state index in [0.717, 1.165) is 0 Å². The molecule has 0 aliphatic heterocycles. The predicted octanol–water partition coefficient (Wildman–Crippen LogP) is 1.15. The minimum Gasteiger partial charge on any atom is -0.459 e. The second-order valence-electron chi connectivity index (χ2n) is 5.12. The molecule has 6 nitrogen and oxygen atoms in total. The number of aromatic nitrogens is 1. The lowest BCUT2D eigenvalue weighted by Gasteiger charge is -2.19. The maximum absolute atomic E-state index is 11.9. The van der Waals surface area contributed by atoms with E-state index in [4.69, 9.17) is 4.74 Å². The smallest absolute Gasteiger partial charge is 0.326 e. The fraction of sp³-hybridized carbons (Fsp3) is 0.462. The highest BCUT2D eigenvalue weighted by molar-refractivity contribution is 5.88. The van der Waals surface area contributed by atoms with Crippen LogP contribution in [0.1, 0.15) is 27.7 Å². The number of rotatable bonds is 3. The molecule has 0 aliphatic carbocycles. The summed E-state index contributed by atoms with van der Waals surface area (Å²) in [5.74, 6) is -0.846. The summed E-state index contributed by atoms with van der Waals surface area (Å²) in [6, 6.07) is 3.06. The van der Waals surface area contributed by atoms with E-state index in [1.165, 1.54) is 23.8 Å². The first-order valence-corrected chi connectivity index (χ1v) is 5.88. The Kier molecular flexibility index (Phi) is 4.47. The fourth-order valence-corrected chi connectivity index (χ4v) is 1.46. The van der Waals surface area contributed by atoms with Gasteiger partial charge in [-0.25, -0.2) is 0 Å². The van der Waals surface area contributed by atoms with E-state index >= 15 is 0 Å². The van der Waals surface area contributed by atoms with Crippen LogP contribution in [0.4, 0.5) is 5.69 Å². The van der Waals surface area contributed by atoms with Gasteiger partial charge in [0.15, 0.2) is 0 Å². The van der Waals surface area contributed by atoms with E-state index in [2.05, 4.69) is 5.32 Å². The van der Waals surface area contributed by atoms with Crippen molar-refractivity contribution in [1.29, 1.82) is 0 Å². The molecule has 1 aromatic rings. The van der Waals surface area contributed by atoms with Gasteiger partial charge in [-0.15, -0.1) is 0 Å². The standard InChI is InChI=1S/C13H18N2O4/c1-9(16)14-10-6-5-7-15(12(10)18)8-11(17)19-13(2,3)4/h5-7H,8H2,1-4H3,(H,14,16). The van der Waals surface area contributed by atoms with Crippen molar-refractivity contribution < 1.29 is 14.3 Å². The summed E-state index contributed by atoms with van der Waals surface area (Å²) in [7, 11) is 0. The highest BCUT2D eigenvalue weighted by Gasteiger charge is 2.17. The Morgan fingerprint density at radius 3 is 2.53 bits per heavy atom. The van der Waals surface area contributed by atoms with E-state index < -0.39 is 17.1 Å². The number of ether oxygens (including phenoxy) is 1. The van der Waals surface area contributed by atoms with Gasteiger partial charge in [-0.1, -0.05) is 0 Å². The number of hydrogen-bond acceptors (Lipinski definition) is 4. The minimum atomic E-state index is -0.601. The number of carbonyl (C=O) groups is 2. The molecule has 0 atom stereocenters. The number of nitrogens with one attached hydrogen (secondary N) is 1. The quantitative estimate of drug-likeness (QED) is 0.832. The second kappa shape index (κ2) is 5.69. The second-order valence-corrected chi connectivity index (χ2v) is 5.12. The molecule has 1 N–H and O–H groups in total. The van der Waals surface area contributed by atoms with Gasteiger partial charge < -0.3 is 14.6 Å². The van der Waals surface area contributed by atoms with Crippen LogP contribution >= 0.6 is 0 Å². The zero-order chi connectivity index (χ0) is 14.6. The van der Waals surface area contributed by atoms with Gasteiger partial charge in [0.2, 0.25) is 5.91 Å². The molecular weight excluding hydrogens is 248 g/mol. The van der Waals surface area contributed by atoms with Crippen LogP contribution in [0, 0.1) is 0 Å². The van der Waals surface area contributed by atoms with Crippen LogP contribution in [-0.2, 0) is 20.9 Å². The third-order valence-electron chi connectivity index (χ3n) is 2.05. The maximum atomic E-state index is 11.9. The van der Waals surface area contributed by atoms with Crippen LogP contribution in [-0.4, -0.2) is 22.0 Å². The molecule has 0 aromatic carbocycles. The number of anilines is 1. The zero-order valence-electron chi connectivity index (χ0n) is 11.5. The molecule has 19 heavy (non-hydrogen) atoms. The van der Waals surface area contributed by atoms with Crippen molar-refractivity contribution in [3.8, 4) is 0 Å². The summed E-state index contributed by atoms with van der Waals surface area (Å²) in [4.78, 5) is 34.5. The van der Waals surface area contributed by atoms with Gasteiger partial charge in [0, 0.05) is 13.1 Å². The summed E-state index contributed by atoms with van der Waals surface area (Å²) < 4.78 is 6.33. The van der Waals surface area contributed by atoms with E-state index in [9.17, 15) is 14.4 Å². The molecule has 1 heterocycles. The Hall–Kier alpha value is -2.11. The van der Waals surface area contributed by atoms with Gasteiger partial charge in [-0.3, -0.25) is 14.4 Å². The van der Waals surface area contributed by atoms with Crippen LogP contribution in [0.5, 0.6) is 0 Å². The third-order valence-corrected chi connectivity index (χ3v) is 2.05. The van der Waals surface area contributed by atoms with Crippen molar-refractivity contribution >= 4 is 17.6 Å². The molecular formula is C13H18N2O4. The summed E-state index contributed by atoms with van der Waals surface area (Å²) in [5, 5.41) is 2.41. The van der Waals surface area contributed by atoms with Crippen LogP contribution in [0.25, 0.3) is 0 Å². The monoisotopic (exact) mass is 266 g/mol. The molecule has 0 saturated carbocycles. The maximum Gasteiger partial charge on any atom is 0.326 e. The summed E-state index contributed by atoms with van der Waals surface area (Å²) in [6.45, 7) is 6.37. The molecule has 0 radical (unpaired) electrons. The Morgan fingerprint density at radius 2 is 2.00 bits per heavy atom. The molecule has 0 fully saturated rings. The number of pyridine rings is 1. The van der Waals surface area contributed by atoms with Gasteiger partial charge >= 0.3 is 5.97 Å². The molecule has 0 spiro atoms. The summed E-state index contributed by atoms with van der Waals surface area (Å²) in [6.07, 6.45) is 1.47. The highest BCUT2D eigenvalue weighted by Crippen LogP contribution is 2.07. The highest BCUT2D eigenvalue weighted by atomic mass is 16.6. The van der Waals surface area contributed by atoms with E-state index in [1.807, 2.05) is 0 Å². The minimum absolute atomic E-state index is 0.138. The SMILES string of the molecule is CC(=O)Nc1cccn(CC(=O)OC(C)(C)C)c1=O. The van der Waals surface area contributed by atoms with Crippen LogP contribution in [0.15, 0.2) is 23.1 Å². The van der Waals surface area contributed by atoms with Gasteiger partial charge in [0.1, 0.15) is 17.8 Å². The topological polar surface area (TPSA) is 77.4 Å². The summed E-state index contributed by atoms with van der Waals surface area (Å²) in [5.41, 5.74) is -0.905. The molecule has 6 heteroatoms. The van der Waals surface area contributed by atoms with Crippen molar-refractivity contribution in [2.75, 3.05) is 5.32 Å². The van der Waals surface area contributed by atoms with Crippen LogP contribution in [0.2, 0.25) is 0 Å². The van der Waals surface area contributed by atoms with Gasteiger partial charge in [-0.2, -0.15) is 0 Å². The Morgan fingerprint density at radius 1 is 1.37 bits per heavy atom. The first-order valence-electron chi connectivity index (χ1n) is 5.88. The van der Waals surface area contributed by atoms with E-state index in [1.54, 1.807) is 26.8 Å². The van der Waals surface area contributed by atoms with Gasteiger partial charge in [0.25, 0.3) is 5.56 Å². The lowest BCUT2D eigenvalue weighted by molar-refractivity contribution is -0.155. The van der Waals surface area contributed by atoms with Crippen molar-refractivity contribution in [3.63, 3.8) is 0 Å². The normalized spacial score (nSPS) is 10.9. The summed E-state index contributed by atoms with van der Waals surface area (Å²) >= 11 is 0. The molecule has 0 unspecified atom stereocenters. The molecule has 0 aliphatic rings. The lowest BCUT2D eigenvalue weighted by Crippen LogP contribution is -2.31. The average molecular weight is 266 g/mol. The number of amides is 1. The number of esters is 1.